The second kappa shape index (κ2) is 5.64. The molecule has 0 aromatic rings. The summed E-state index contributed by atoms with van der Waals surface area (Å²) in [6, 6.07) is 2.16. The van der Waals surface area contributed by atoms with Gasteiger partial charge in [-0.25, -0.2) is 0 Å². The lowest BCUT2D eigenvalue weighted by Gasteiger charge is -2.40. The van der Waals surface area contributed by atoms with Gasteiger partial charge in [0.1, 0.15) is 0 Å². The molecular weight excluding hydrogens is 204 g/mol. The van der Waals surface area contributed by atoms with E-state index in [9.17, 15) is 4.79 Å². The van der Waals surface area contributed by atoms with Crippen molar-refractivity contribution in [2.45, 2.75) is 18.9 Å². The van der Waals surface area contributed by atoms with Crippen LogP contribution in [-0.2, 0) is 4.79 Å². The van der Waals surface area contributed by atoms with Crippen molar-refractivity contribution < 1.29 is 4.79 Å². The molecule has 0 radical (unpaired) electrons. The Morgan fingerprint density at radius 3 is 2.75 bits per heavy atom. The lowest BCUT2D eigenvalue weighted by Crippen LogP contribution is -2.53. The van der Waals surface area contributed by atoms with E-state index in [-0.39, 0.29) is 0 Å². The first-order valence-corrected chi connectivity index (χ1v) is 5.40. The van der Waals surface area contributed by atoms with E-state index in [4.69, 9.17) is 11.0 Å². The molecule has 1 heterocycles. The molecule has 16 heavy (non-hydrogen) atoms. The van der Waals surface area contributed by atoms with Crippen molar-refractivity contribution in [3.8, 4) is 6.07 Å². The first-order valence-electron chi connectivity index (χ1n) is 5.40. The van der Waals surface area contributed by atoms with Crippen LogP contribution in [0.2, 0.25) is 0 Å². The Balaban J connectivity index is 2.77. The molecular formula is C11H18N4O. The maximum atomic E-state index is 10.8. The van der Waals surface area contributed by atoms with Gasteiger partial charge in [-0.15, -0.1) is 0 Å². The van der Waals surface area contributed by atoms with Crippen LogP contribution in [0.3, 0.4) is 0 Å². The molecule has 0 aromatic carbocycles. The molecule has 0 aliphatic carbocycles. The van der Waals surface area contributed by atoms with E-state index in [1.54, 1.807) is 6.08 Å². The van der Waals surface area contributed by atoms with Crippen molar-refractivity contribution in [1.29, 1.82) is 5.26 Å². The van der Waals surface area contributed by atoms with E-state index >= 15 is 0 Å². The number of nitrogens with two attached hydrogens (primary N) is 1. The van der Waals surface area contributed by atoms with Gasteiger partial charge in [0.25, 0.3) is 0 Å². The molecule has 1 aliphatic rings. The van der Waals surface area contributed by atoms with Gasteiger partial charge in [0.2, 0.25) is 5.91 Å². The highest BCUT2D eigenvalue weighted by molar-refractivity contribution is 5.85. The Bertz CT molecular complexity index is 314. The molecule has 1 rings (SSSR count). The number of nitriles is 1. The topological polar surface area (TPSA) is 82.1 Å². The molecule has 1 fully saturated rings. The first-order chi connectivity index (χ1) is 7.58. The van der Waals surface area contributed by atoms with Crippen LogP contribution < -0.4 is 11.1 Å². The summed E-state index contributed by atoms with van der Waals surface area (Å²) >= 11 is 0. The predicted octanol–water partition coefficient (Wildman–Crippen LogP) is -0.395. The molecule has 0 bridgehead atoms. The molecule has 1 saturated heterocycles. The van der Waals surface area contributed by atoms with Gasteiger partial charge in [0.15, 0.2) is 0 Å². The maximum absolute atomic E-state index is 10.8. The number of amides is 1. The van der Waals surface area contributed by atoms with Crippen LogP contribution in [0.15, 0.2) is 12.2 Å². The van der Waals surface area contributed by atoms with Gasteiger partial charge < -0.3 is 11.1 Å². The number of piperazine rings is 1. The summed E-state index contributed by atoms with van der Waals surface area (Å²) < 4.78 is 0. The quantitative estimate of drug-likeness (QED) is 0.634. The molecule has 5 heteroatoms. The molecule has 0 spiro atoms. The lowest BCUT2D eigenvalue weighted by molar-refractivity contribution is -0.113. The third-order valence-corrected chi connectivity index (χ3v) is 2.88. The zero-order valence-corrected chi connectivity index (χ0v) is 9.57. The number of hydrogen-bond acceptors (Lipinski definition) is 4. The zero-order valence-electron chi connectivity index (χ0n) is 9.57. The van der Waals surface area contributed by atoms with Gasteiger partial charge in [-0.3, -0.25) is 9.69 Å². The number of nitrogens with zero attached hydrogens (tertiary/aromatic N) is 2. The molecule has 1 amide bonds. The summed E-state index contributed by atoms with van der Waals surface area (Å²) in [5.74, 6) is -0.473. The number of primary amides is 1. The van der Waals surface area contributed by atoms with Crippen LogP contribution in [0.1, 0.15) is 13.3 Å². The Morgan fingerprint density at radius 1 is 1.62 bits per heavy atom. The lowest BCUT2D eigenvalue weighted by atomic mass is 9.94. The Hall–Kier alpha value is -1.38. The van der Waals surface area contributed by atoms with Crippen LogP contribution in [-0.4, -0.2) is 42.5 Å². The minimum Gasteiger partial charge on any atom is -0.366 e. The van der Waals surface area contributed by atoms with Crippen LogP contribution in [0.4, 0.5) is 0 Å². The summed E-state index contributed by atoms with van der Waals surface area (Å²) in [6.07, 6.45) is 3.44. The fourth-order valence-corrected chi connectivity index (χ4v) is 1.87. The average molecular weight is 222 g/mol. The third kappa shape index (κ3) is 3.33. The average Bonchev–Trinajstić information content (AvgIpc) is 2.28. The van der Waals surface area contributed by atoms with E-state index in [2.05, 4.69) is 16.3 Å². The molecule has 88 valence electrons. The van der Waals surface area contributed by atoms with Crippen molar-refractivity contribution in [1.82, 2.24) is 10.2 Å². The van der Waals surface area contributed by atoms with Crippen molar-refractivity contribution >= 4 is 5.91 Å². The van der Waals surface area contributed by atoms with E-state index in [1.807, 2.05) is 6.92 Å². The minimum atomic E-state index is -0.473. The molecule has 1 unspecified atom stereocenters. The second-order valence-electron chi connectivity index (χ2n) is 4.16. The highest BCUT2D eigenvalue weighted by atomic mass is 16.1. The Kier molecular flexibility index (Phi) is 4.47. The fraction of sp³-hybridized carbons (Fsp3) is 0.636. The van der Waals surface area contributed by atoms with Crippen molar-refractivity contribution in [2.75, 3.05) is 26.2 Å². The number of nitrogens with one attached hydrogen (secondary N) is 1. The summed E-state index contributed by atoms with van der Waals surface area (Å²) in [6.45, 7) is 5.53. The summed E-state index contributed by atoms with van der Waals surface area (Å²) in [5.41, 5.74) is 4.69. The van der Waals surface area contributed by atoms with Gasteiger partial charge in [-0.1, -0.05) is 6.08 Å². The van der Waals surface area contributed by atoms with Crippen LogP contribution in [0, 0.1) is 11.3 Å². The van der Waals surface area contributed by atoms with Gasteiger partial charge in [-0.2, -0.15) is 5.26 Å². The highest BCUT2D eigenvalue weighted by Crippen LogP contribution is 2.21. The number of carbonyl (C=O) groups excluding carboxylic acids is 1. The normalized spacial score (nSPS) is 21.5. The highest BCUT2D eigenvalue weighted by Gasteiger charge is 2.30. The van der Waals surface area contributed by atoms with E-state index < -0.39 is 11.4 Å². The number of hydrogen-bond donors (Lipinski definition) is 2. The van der Waals surface area contributed by atoms with E-state index in [0.29, 0.717) is 6.42 Å². The number of rotatable bonds is 4. The SMILES string of the molecule is CC(C=CC(N)=O)(CC#N)N1CCNCC1. The Labute approximate surface area is 95.9 Å². The molecule has 1 aliphatic heterocycles. The minimum absolute atomic E-state index is 0.358. The fourth-order valence-electron chi connectivity index (χ4n) is 1.87. The van der Waals surface area contributed by atoms with E-state index in [1.165, 1.54) is 6.08 Å². The van der Waals surface area contributed by atoms with Crippen molar-refractivity contribution in [3.05, 3.63) is 12.2 Å². The van der Waals surface area contributed by atoms with Gasteiger partial charge in [0, 0.05) is 37.8 Å². The summed E-state index contributed by atoms with van der Waals surface area (Å²) in [4.78, 5) is 13.0. The van der Waals surface area contributed by atoms with Gasteiger partial charge in [-0.05, 0) is 6.92 Å². The Morgan fingerprint density at radius 2 is 2.25 bits per heavy atom. The molecule has 5 nitrogen and oxygen atoms in total. The first kappa shape index (κ1) is 12.7. The standard InChI is InChI=1S/C11H18N4O/c1-11(4-5-12,3-2-10(13)16)15-8-6-14-7-9-15/h2-3,14H,4,6-9H2,1H3,(H2,13,16). The summed E-state index contributed by atoms with van der Waals surface area (Å²) in [5, 5.41) is 12.1. The van der Waals surface area contributed by atoms with Crippen LogP contribution >= 0.6 is 0 Å². The molecule has 0 aromatic heterocycles. The van der Waals surface area contributed by atoms with Gasteiger partial charge >= 0.3 is 0 Å². The van der Waals surface area contributed by atoms with E-state index in [0.717, 1.165) is 26.2 Å². The third-order valence-electron chi connectivity index (χ3n) is 2.88. The van der Waals surface area contributed by atoms with Crippen LogP contribution in [0.5, 0.6) is 0 Å². The van der Waals surface area contributed by atoms with Crippen molar-refractivity contribution in [2.24, 2.45) is 5.73 Å². The monoisotopic (exact) mass is 222 g/mol. The predicted molar refractivity (Wildman–Crippen MR) is 61.4 cm³/mol. The second-order valence-corrected chi connectivity index (χ2v) is 4.16. The number of carbonyl (C=O) groups is 1. The molecule has 0 saturated carbocycles. The summed E-state index contributed by atoms with van der Waals surface area (Å²) in [7, 11) is 0. The smallest absolute Gasteiger partial charge is 0.241 e. The molecule has 1 atom stereocenters. The zero-order chi connectivity index (χ0) is 12.0. The van der Waals surface area contributed by atoms with Crippen molar-refractivity contribution in [3.63, 3.8) is 0 Å². The largest absolute Gasteiger partial charge is 0.366 e. The molecule has 3 N–H and O–H groups in total. The van der Waals surface area contributed by atoms with Gasteiger partial charge in [0.05, 0.1) is 12.5 Å². The van der Waals surface area contributed by atoms with Crippen LogP contribution in [0.25, 0.3) is 0 Å². The maximum Gasteiger partial charge on any atom is 0.241 e.